The fourth-order valence-electron chi connectivity index (χ4n) is 5.98. The van der Waals surface area contributed by atoms with E-state index < -0.39 is 5.60 Å². The Morgan fingerprint density at radius 2 is 1.71 bits per heavy atom. The van der Waals surface area contributed by atoms with Crippen LogP contribution in [0.15, 0.2) is 66.1 Å². The molecule has 1 aromatic carbocycles. The third kappa shape index (κ3) is 8.48. The summed E-state index contributed by atoms with van der Waals surface area (Å²) < 4.78 is 8.24. The van der Waals surface area contributed by atoms with Gasteiger partial charge < -0.3 is 25.0 Å². The molecule has 256 valence electrons. The van der Waals surface area contributed by atoms with E-state index in [1.807, 2.05) is 29.2 Å². The minimum atomic E-state index is -1.16. The molecule has 1 amide bonds. The SMILES string of the molecule is C=CCn1c(=O)c2cnc(Nc3ccc(N4CCN(C(=O)CCCCCCCCOC)CC4)cc3)nc2n1-c1cccc(C(C)(C)O)n1. The van der Waals surface area contributed by atoms with Crippen LogP contribution in [-0.2, 0) is 21.7 Å². The molecule has 1 aliphatic rings. The van der Waals surface area contributed by atoms with Gasteiger partial charge in [0.15, 0.2) is 11.5 Å². The maximum atomic E-state index is 13.3. The summed E-state index contributed by atoms with van der Waals surface area (Å²) in [5.41, 5.74) is 1.32. The minimum absolute atomic E-state index is 0.242. The summed E-state index contributed by atoms with van der Waals surface area (Å²) in [6.45, 7) is 11.2. The molecular weight excluding hydrogens is 608 g/mol. The minimum Gasteiger partial charge on any atom is -0.385 e. The van der Waals surface area contributed by atoms with Crippen molar-refractivity contribution >= 4 is 34.3 Å². The van der Waals surface area contributed by atoms with E-state index in [2.05, 4.69) is 26.8 Å². The number of piperazine rings is 1. The molecule has 1 aliphatic heterocycles. The first kappa shape index (κ1) is 34.8. The van der Waals surface area contributed by atoms with E-state index in [1.54, 1.807) is 49.9 Å². The number of benzene rings is 1. The van der Waals surface area contributed by atoms with Crippen molar-refractivity contribution in [1.82, 2.24) is 29.2 Å². The number of rotatable bonds is 16. The number of anilines is 3. The number of hydrogen-bond acceptors (Lipinski definition) is 9. The molecule has 0 spiro atoms. The number of nitrogens with zero attached hydrogens (tertiary/aromatic N) is 7. The predicted molar refractivity (Wildman–Crippen MR) is 189 cm³/mol. The van der Waals surface area contributed by atoms with Crippen molar-refractivity contribution < 1.29 is 14.6 Å². The molecule has 48 heavy (non-hydrogen) atoms. The molecule has 2 N–H and O–H groups in total. The highest BCUT2D eigenvalue weighted by Crippen LogP contribution is 2.24. The van der Waals surface area contributed by atoms with Crippen LogP contribution in [-0.4, -0.2) is 80.1 Å². The first-order chi connectivity index (χ1) is 23.2. The Bertz CT molecular complexity index is 1730. The van der Waals surface area contributed by atoms with Crippen molar-refractivity contribution in [2.75, 3.05) is 50.1 Å². The molecule has 4 aromatic rings. The predicted octanol–water partition coefficient (Wildman–Crippen LogP) is 5.16. The van der Waals surface area contributed by atoms with Crippen LogP contribution in [0.4, 0.5) is 17.3 Å². The monoisotopic (exact) mass is 656 g/mol. The van der Waals surface area contributed by atoms with Crippen LogP contribution in [0.2, 0.25) is 0 Å². The van der Waals surface area contributed by atoms with Crippen molar-refractivity contribution in [2.45, 2.75) is 70.9 Å². The van der Waals surface area contributed by atoms with Crippen LogP contribution < -0.4 is 15.8 Å². The Morgan fingerprint density at radius 3 is 2.40 bits per heavy atom. The van der Waals surface area contributed by atoms with Gasteiger partial charge in [-0.05, 0) is 63.1 Å². The highest BCUT2D eigenvalue weighted by Gasteiger charge is 2.23. The summed E-state index contributed by atoms with van der Waals surface area (Å²) in [6.07, 6.45) is 10.5. The Labute approximate surface area is 282 Å². The standard InChI is InChI=1S/C36H48N8O4/c1-5-20-43-34(46)29-26-37-35(40-33(29)44(43)31-14-12-13-30(39-31)36(2,3)47)38-27-16-18-28(19-17-27)41-21-23-42(24-22-41)32(45)15-10-8-6-7-9-11-25-48-4/h5,12-14,16-19,26,47H,1,6-11,15,20-25H2,2-4H3,(H,37,38,40). The second-order valence-electron chi connectivity index (χ2n) is 12.8. The zero-order valence-electron chi connectivity index (χ0n) is 28.4. The van der Waals surface area contributed by atoms with Gasteiger partial charge in [-0.25, -0.2) is 19.3 Å². The largest absolute Gasteiger partial charge is 0.385 e. The second-order valence-corrected chi connectivity index (χ2v) is 12.8. The van der Waals surface area contributed by atoms with Crippen molar-refractivity contribution in [3.05, 3.63) is 77.4 Å². The number of pyridine rings is 1. The van der Waals surface area contributed by atoms with Gasteiger partial charge in [0.2, 0.25) is 11.9 Å². The molecule has 4 heterocycles. The number of methoxy groups -OCH3 is 1. The van der Waals surface area contributed by atoms with Gasteiger partial charge in [0.05, 0.1) is 12.2 Å². The normalized spacial score (nSPS) is 13.7. The van der Waals surface area contributed by atoms with Gasteiger partial charge in [0.25, 0.3) is 5.56 Å². The number of fused-ring (bicyclic) bond motifs is 1. The van der Waals surface area contributed by atoms with Crippen LogP contribution in [0, 0.1) is 0 Å². The molecule has 0 bridgehead atoms. The number of aromatic nitrogens is 5. The summed E-state index contributed by atoms with van der Waals surface area (Å²) >= 11 is 0. The highest BCUT2D eigenvalue weighted by molar-refractivity contribution is 5.77. The van der Waals surface area contributed by atoms with E-state index in [0.29, 0.717) is 34.9 Å². The lowest BCUT2D eigenvalue weighted by atomic mass is 10.1. The summed E-state index contributed by atoms with van der Waals surface area (Å²) in [5.74, 6) is 1.04. The van der Waals surface area contributed by atoms with E-state index in [0.717, 1.165) is 63.4 Å². The van der Waals surface area contributed by atoms with E-state index in [9.17, 15) is 14.7 Å². The molecule has 12 nitrogen and oxygen atoms in total. The van der Waals surface area contributed by atoms with Crippen LogP contribution in [0.5, 0.6) is 0 Å². The lowest BCUT2D eigenvalue weighted by molar-refractivity contribution is -0.131. The first-order valence-electron chi connectivity index (χ1n) is 16.9. The summed E-state index contributed by atoms with van der Waals surface area (Å²) in [5, 5.41) is 14.2. The second kappa shape index (κ2) is 16.0. The van der Waals surface area contributed by atoms with E-state index in [4.69, 9.17) is 9.72 Å². The molecule has 3 aromatic heterocycles. The maximum Gasteiger partial charge on any atom is 0.278 e. The van der Waals surface area contributed by atoms with Crippen LogP contribution >= 0.6 is 0 Å². The lowest BCUT2D eigenvalue weighted by Gasteiger charge is -2.36. The van der Waals surface area contributed by atoms with E-state index in [-0.39, 0.29) is 18.0 Å². The van der Waals surface area contributed by atoms with Crippen LogP contribution in [0.1, 0.15) is 64.5 Å². The lowest BCUT2D eigenvalue weighted by Crippen LogP contribution is -2.48. The van der Waals surface area contributed by atoms with Gasteiger partial charge in [-0.2, -0.15) is 4.98 Å². The molecule has 1 saturated heterocycles. The number of amides is 1. The number of carbonyl (C=O) groups excluding carboxylic acids is 1. The van der Waals surface area contributed by atoms with Gasteiger partial charge in [0, 0.05) is 63.9 Å². The summed E-state index contributed by atoms with van der Waals surface area (Å²) in [6, 6.07) is 13.3. The first-order valence-corrected chi connectivity index (χ1v) is 16.9. The zero-order chi connectivity index (χ0) is 34.1. The number of ether oxygens (including phenoxy) is 1. The van der Waals surface area contributed by atoms with Gasteiger partial charge in [0.1, 0.15) is 11.0 Å². The smallest absolute Gasteiger partial charge is 0.278 e. The molecule has 0 radical (unpaired) electrons. The molecule has 0 atom stereocenters. The molecule has 5 rings (SSSR count). The van der Waals surface area contributed by atoms with E-state index in [1.165, 1.54) is 30.1 Å². The van der Waals surface area contributed by atoms with Gasteiger partial charge >= 0.3 is 0 Å². The Balaban J connectivity index is 1.20. The third-order valence-electron chi connectivity index (χ3n) is 8.67. The zero-order valence-corrected chi connectivity index (χ0v) is 28.4. The number of carbonyl (C=O) groups is 1. The maximum absolute atomic E-state index is 13.3. The average Bonchev–Trinajstić information content (AvgIpc) is 3.36. The van der Waals surface area contributed by atoms with Crippen molar-refractivity contribution in [3.63, 3.8) is 0 Å². The molecular formula is C36H48N8O4. The summed E-state index contributed by atoms with van der Waals surface area (Å²) in [4.78, 5) is 44.1. The Hall–Kier alpha value is -4.55. The number of allylic oxidation sites excluding steroid dienone is 1. The molecule has 0 saturated carbocycles. The van der Waals surface area contributed by atoms with Crippen LogP contribution in [0.3, 0.4) is 0 Å². The Kier molecular flexibility index (Phi) is 11.6. The topological polar surface area (TPSA) is 131 Å². The molecule has 0 unspecified atom stereocenters. The quantitative estimate of drug-likeness (QED) is 0.124. The fraction of sp³-hybridized carbons (Fsp3) is 0.472. The fourth-order valence-corrected chi connectivity index (χ4v) is 5.98. The van der Waals surface area contributed by atoms with Crippen molar-refractivity contribution in [3.8, 4) is 5.82 Å². The average molecular weight is 657 g/mol. The summed E-state index contributed by atoms with van der Waals surface area (Å²) in [7, 11) is 1.74. The highest BCUT2D eigenvalue weighted by atomic mass is 16.5. The van der Waals surface area contributed by atoms with Crippen molar-refractivity contribution in [2.24, 2.45) is 0 Å². The number of aliphatic hydroxyl groups is 1. The van der Waals surface area contributed by atoms with Gasteiger partial charge in [-0.15, -0.1) is 6.58 Å². The number of unbranched alkanes of at least 4 members (excludes halogenated alkanes) is 5. The molecule has 1 fully saturated rings. The van der Waals surface area contributed by atoms with Crippen molar-refractivity contribution in [1.29, 1.82) is 0 Å². The molecule has 0 aliphatic carbocycles. The third-order valence-corrected chi connectivity index (χ3v) is 8.67. The van der Waals surface area contributed by atoms with E-state index >= 15 is 0 Å². The number of nitrogens with one attached hydrogen (secondary N) is 1. The van der Waals surface area contributed by atoms with Gasteiger partial charge in [-0.3, -0.25) is 9.59 Å². The Morgan fingerprint density at radius 1 is 1.00 bits per heavy atom. The molecule has 12 heteroatoms. The number of hydrogen-bond donors (Lipinski definition) is 2. The van der Waals surface area contributed by atoms with Crippen LogP contribution in [0.25, 0.3) is 16.9 Å². The van der Waals surface area contributed by atoms with Gasteiger partial charge in [-0.1, -0.05) is 37.8 Å².